The van der Waals surface area contributed by atoms with Crippen molar-refractivity contribution >= 4 is 23.6 Å². The van der Waals surface area contributed by atoms with Crippen molar-refractivity contribution in [3.05, 3.63) is 87.7 Å². The Labute approximate surface area is 187 Å². The molecule has 6 heteroatoms. The highest BCUT2D eigenvalue weighted by Gasteiger charge is 2.18. The van der Waals surface area contributed by atoms with Crippen LogP contribution in [0.15, 0.2) is 54.1 Å². The van der Waals surface area contributed by atoms with Crippen LogP contribution in [0.2, 0.25) is 0 Å². The highest BCUT2D eigenvalue weighted by molar-refractivity contribution is 6.10. The Morgan fingerprint density at radius 1 is 1.06 bits per heavy atom. The van der Waals surface area contributed by atoms with Crippen LogP contribution in [0.4, 0.5) is 5.69 Å². The first-order chi connectivity index (χ1) is 15.3. The van der Waals surface area contributed by atoms with Crippen LogP contribution in [0.25, 0.3) is 11.8 Å². The zero-order chi connectivity index (χ0) is 23.4. The number of nitrogens with zero attached hydrogens (tertiary/aromatic N) is 2. The van der Waals surface area contributed by atoms with E-state index in [1.165, 1.54) is 7.11 Å². The topological polar surface area (TPSA) is 84.1 Å². The van der Waals surface area contributed by atoms with Gasteiger partial charge in [-0.15, -0.1) is 0 Å². The average molecular weight is 428 g/mol. The number of nitriles is 1. The lowest BCUT2D eigenvalue weighted by atomic mass is 10.1. The molecule has 6 nitrogen and oxygen atoms in total. The minimum Gasteiger partial charge on any atom is -0.465 e. The second-order valence-electron chi connectivity index (χ2n) is 7.54. The number of anilines is 1. The fraction of sp³-hybridized carbons (Fsp3) is 0.192. The van der Waals surface area contributed by atoms with E-state index in [-0.39, 0.29) is 5.57 Å². The van der Waals surface area contributed by atoms with Crippen molar-refractivity contribution in [1.82, 2.24) is 4.57 Å². The monoisotopic (exact) mass is 427 g/mol. The summed E-state index contributed by atoms with van der Waals surface area (Å²) in [4.78, 5) is 24.8. The molecule has 0 spiro atoms. The predicted molar refractivity (Wildman–Crippen MR) is 125 cm³/mol. The molecule has 2 aromatic carbocycles. The van der Waals surface area contributed by atoms with E-state index < -0.39 is 11.9 Å². The number of hydrogen-bond donors (Lipinski definition) is 1. The van der Waals surface area contributed by atoms with Crippen molar-refractivity contribution in [3.8, 4) is 11.8 Å². The zero-order valence-corrected chi connectivity index (χ0v) is 18.8. The maximum absolute atomic E-state index is 12.7. The van der Waals surface area contributed by atoms with Crippen LogP contribution in [-0.4, -0.2) is 23.6 Å². The van der Waals surface area contributed by atoms with Crippen molar-refractivity contribution in [2.24, 2.45) is 0 Å². The highest BCUT2D eigenvalue weighted by atomic mass is 16.5. The van der Waals surface area contributed by atoms with Gasteiger partial charge >= 0.3 is 5.97 Å². The summed E-state index contributed by atoms with van der Waals surface area (Å²) in [6.45, 7) is 7.61. The third kappa shape index (κ3) is 4.33. The number of carbonyl (C=O) groups excluding carboxylic acids is 2. The smallest absolute Gasteiger partial charge is 0.338 e. The van der Waals surface area contributed by atoms with Gasteiger partial charge in [-0.2, -0.15) is 5.26 Å². The average Bonchev–Trinajstić information content (AvgIpc) is 3.06. The second-order valence-corrected chi connectivity index (χ2v) is 7.54. The number of amides is 1. The summed E-state index contributed by atoms with van der Waals surface area (Å²) < 4.78 is 6.89. The first-order valence-electron chi connectivity index (χ1n) is 10.1. The molecule has 1 aromatic heterocycles. The Morgan fingerprint density at radius 2 is 1.78 bits per heavy atom. The van der Waals surface area contributed by atoms with Crippen molar-refractivity contribution in [2.75, 3.05) is 12.4 Å². The molecule has 0 aliphatic heterocycles. The summed E-state index contributed by atoms with van der Waals surface area (Å²) in [5, 5.41) is 12.4. The van der Waals surface area contributed by atoms with Crippen LogP contribution >= 0.6 is 0 Å². The molecule has 0 bridgehead atoms. The molecule has 0 radical (unpaired) electrons. The van der Waals surface area contributed by atoms with Crippen molar-refractivity contribution in [2.45, 2.75) is 27.7 Å². The Morgan fingerprint density at radius 3 is 2.44 bits per heavy atom. The van der Waals surface area contributed by atoms with Crippen LogP contribution in [-0.2, 0) is 9.53 Å². The van der Waals surface area contributed by atoms with Gasteiger partial charge in [0.1, 0.15) is 11.6 Å². The van der Waals surface area contributed by atoms with Crippen LogP contribution in [0.3, 0.4) is 0 Å². The van der Waals surface area contributed by atoms with Crippen molar-refractivity contribution in [1.29, 1.82) is 5.26 Å². The molecule has 0 atom stereocenters. The van der Waals surface area contributed by atoms with Gasteiger partial charge in [-0.25, -0.2) is 4.79 Å². The number of benzene rings is 2. The Balaban J connectivity index is 2.01. The standard InChI is InChI=1S/C26H25N3O3/c1-16-9-6-7-11-23(16)28-25(30)21(15-27)14-20-13-17(2)29(19(20)4)24-12-8-10-22(18(24)3)26(31)32-5/h6-14H,1-5H3,(H,28,30)/b21-14-. The molecule has 162 valence electrons. The number of aryl methyl sites for hydroxylation is 2. The molecule has 1 heterocycles. The third-order valence-electron chi connectivity index (χ3n) is 5.48. The van der Waals surface area contributed by atoms with Gasteiger partial charge in [0.05, 0.1) is 12.7 Å². The van der Waals surface area contributed by atoms with Crippen molar-refractivity contribution < 1.29 is 14.3 Å². The van der Waals surface area contributed by atoms with Gasteiger partial charge in [-0.1, -0.05) is 24.3 Å². The minimum atomic E-state index is -0.463. The van der Waals surface area contributed by atoms with Gasteiger partial charge in [-0.3, -0.25) is 4.79 Å². The van der Waals surface area contributed by atoms with Crippen LogP contribution in [0.5, 0.6) is 0 Å². The minimum absolute atomic E-state index is 0.00790. The second kappa shape index (κ2) is 9.36. The fourth-order valence-corrected chi connectivity index (χ4v) is 3.71. The van der Waals surface area contributed by atoms with E-state index in [0.29, 0.717) is 11.3 Å². The van der Waals surface area contributed by atoms with Crippen LogP contribution in [0.1, 0.15) is 38.4 Å². The number of aromatic nitrogens is 1. The largest absolute Gasteiger partial charge is 0.465 e. The molecule has 0 aliphatic rings. The lowest BCUT2D eigenvalue weighted by molar-refractivity contribution is -0.112. The van der Waals surface area contributed by atoms with E-state index in [1.54, 1.807) is 24.3 Å². The zero-order valence-electron chi connectivity index (χ0n) is 18.8. The molecule has 1 amide bonds. The number of hydrogen-bond acceptors (Lipinski definition) is 4. The molecule has 32 heavy (non-hydrogen) atoms. The molecule has 0 saturated carbocycles. The number of esters is 1. The molecule has 0 saturated heterocycles. The molecule has 0 fully saturated rings. The number of rotatable bonds is 5. The molecule has 3 rings (SSSR count). The van der Waals surface area contributed by atoms with Gasteiger partial charge in [0.25, 0.3) is 5.91 Å². The van der Waals surface area contributed by atoms with Crippen LogP contribution < -0.4 is 5.32 Å². The van der Waals surface area contributed by atoms with E-state index >= 15 is 0 Å². The maximum Gasteiger partial charge on any atom is 0.338 e. The summed E-state index contributed by atoms with van der Waals surface area (Å²) in [5.41, 5.74) is 6.22. The molecule has 0 unspecified atom stereocenters. The Kier molecular flexibility index (Phi) is 6.60. The number of nitrogens with one attached hydrogen (secondary N) is 1. The van der Waals surface area contributed by atoms with Gasteiger partial charge in [0.15, 0.2) is 0 Å². The molecular weight excluding hydrogens is 402 g/mol. The SMILES string of the molecule is COC(=O)c1cccc(-n2c(C)cc(/C=C(/C#N)C(=O)Nc3ccccc3C)c2C)c1C. The van der Waals surface area contributed by atoms with E-state index in [1.807, 2.05) is 68.7 Å². The third-order valence-corrected chi connectivity index (χ3v) is 5.48. The number of methoxy groups -OCH3 is 1. The quantitative estimate of drug-likeness (QED) is 0.351. The summed E-state index contributed by atoms with van der Waals surface area (Å²) in [7, 11) is 1.36. The Hall–Kier alpha value is -4.11. The summed E-state index contributed by atoms with van der Waals surface area (Å²) in [6, 6.07) is 16.8. The first-order valence-corrected chi connectivity index (χ1v) is 10.1. The summed E-state index contributed by atoms with van der Waals surface area (Å²) >= 11 is 0. The van der Waals surface area contributed by atoms with Crippen LogP contribution in [0, 0.1) is 39.0 Å². The molecule has 1 N–H and O–H groups in total. The van der Waals surface area contributed by atoms with Gasteiger partial charge in [0.2, 0.25) is 0 Å². The van der Waals surface area contributed by atoms with Crippen molar-refractivity contribution in [3.63, 3.8) is 0 Å². The van der Waals surface area contributed by atoms with Gasteiger partial charge < -0.3 is 14.6 Å². The highest BCUT2D eigenvalue weighted by Crippen LogP contribution is 2.27. The summed E-state index contributed by atoms with van der Waals surface area (Å²) in [6.07, 6.45) is 1.59. The summed E-state index contributed by atoms with van der Waals surface area (Å²) in [5.74, 6) is -0.859. The lowest BCUT2D eigenvalue weighted by Gasteiger charge is -2.15. The normalized spacial score (nSPS) is 11.1. The maximum atomic E-state index is 12.7. The van der Waals surface area contributed by atoms with Gasteiger partial charge in [0, 0.05) is 22.8 Å². The fourth-order valence-electron chi connectivity index (χ4n) is 3.71. The molecule has 0 aliphatic carbocycles. The predicted octanol–water partition coefficient (Wildman–Crippen LogP) is 5.04. The Bertz CT molecular complexity index is 1280. The van der Waals surface area contributed by atoms with E-state index in [9.17, 15) is 14.9 Å². The number of ether oxygens (including phenoxy) is 1. The molecule has 3 aromatic rings. The number of para-hydroxylation sites is 1. The van der Waals surface area contributed by atoms with E-state index in [4.69, 9.17) is 4.74 Å². The van der Waals surface area contributed by atoms with E-state index in [2.05, 4.69) is 5.32 Å². The first kappa shape index (κ1) is 22.6. The number of carbonyl (C=O) groups is 2. The lowest BCUT2D eigenvalue weighted by Crippen LogP contribution is -2.14. The van der Waals surface area contributed by atoms with E-state index in [0.717, 1.165) is 33.8 Å². The van der Waals surface area contributed by atoms with Gasteiger partial charge in [-0.05, 0) is 74.7 Å². The molecular formula is C26H25N3O3.